The minimum Gasteiger partial charge on any atom is -0.326 e. The van der Waals surface area contributed by atoms with Gasteiger partial charge in [0.2, 0.25) is 0 Å². The van der Waals surface area contributed by atoms with Gasteiger partial charge < -0.3 is 10.7 Å². The first kappa shape index (κ1) is 11.6. The fraction of sp³-hybridized carbons (Fsp3) is 0.333. The van der Waals surface area contributed by atoms with E-state index in [-0.39, 0.29) is 18.1 Å². The summed E-state index contributed by atoms with van der Waals surface area (Å²) in [7, 11) is 0. The third-order valence-electron chi connectivity index (χ3n) is 2.61. The lowest BCUT2D eigenvalue weighted by atomic mass is 10.2. The van der Waals surface area contributed by atoms with Crippen molar-refractivity contribution in [1.82, 2.24) is 9.55 Å². The number of benzene rings is 1. The third-order valence-corrected chi connectivity index (χ3v) is 2.61. The zero-order valence-electron chi connectivity index (χ0n) is 9.86. The highest BCUT2D eigenvalue weighted by atomic mass is 16.2. The molecule has 17 heavy (non-hydrogen) atoms. The SMILES string of the molecule is Cc1ccc2[nH]c(=O)n(CC(C)N)c(=O)c2c1. The first-order chi connectivity index (χ1) is 7.99. The van der Waals surface area contributed by atoms with Crippen molar-refractivity contribution in [3.05, 3.63) is 44.6 Å². The smallest absolute Gasteiger partial charge is 0.326 e. The number of hydrogen-bond donors (Lipinski definition) is 2. The molecule has 2 aromatic rings. The molecule has 5 nitrogen and oxygen atoms in total. The van der Waals surface area contributed by atoms with Crippen molar-refractivity contribution in [1.29, 1.82) is 0 Å². The highest BCUT2D eigenvalue weighted by Crippen LogP contribution is 2.07. The van der Waals surface area contributed by atoms with Gasteiger partial charge in [0.05, 0.1) is 10.9 Å². The number of aromatic nitrogens is 2. The molecular formula is C12H15N3O2. The molecule has 0 radical (unpaired) electrons. The Labute approximate surface area is 97.9 Å². The van der Waals surface area contributed by atoms with Crippen molar-refractivity contribution in [3.63, 3.8) is 0 Å². The quantitative estimate of drug-likeness (QED) is 0.785. The molecule has 0 saturated carbocycles. The molecule has 1 aromatic heterocycles. The summed E-state index contributed by atoms with van der Waals surface area (Å²) in [6.07, 6.45) is 0. The number of aryl methyl sites for hydroxylation is 1. The van der Waals surface area contributed by atoms with E-state index in [1.165, 1.54) is 0 Å². The molecule has 0 aliphatic rings. The molecule has 0 bridgehead atoms. The van der Waals surface area contributed by atoms with Crippen LogP contribution >= 0.6 is 0 Å². The van der Waals surface area contributed by atoms with Gasteiger partial charge in [-0.2, -0.15) is 0 Å². The van der Waals surface area contributed by atoms with Gasteiger partial charge in [-0.05, 0) is 26.0 Å². The van der Waals surface area contributed by atoms with E-state index in [0.717, 1.165) is 10.1 Å². The standard InChI is InChI=1S/C12H15N3O2/c1-7-3-4-10-9(5-7)11(16)15(6-8(2)13)12(17)14-10/h3-5,8H,6,13H2,1-2H3,(H,14,17). The lowest BCUT2D eigenvalue weighted by Gasteiger charge is -2.08. The lowest BCUT2D eigenvalue weighted by molar-refractivity contribution is 0.554. The Kier molecular flexibility index (Phi) is 2.85. The van der Waals surface area contributed by atoms with Crippen molar-refractivity contribution < 1.29 is 0 Å². The van der Waals surface area contributed by atoms with E-state index in [9.17, 15) is 9.59 Å². The van der Waals surface area contributed by atoms with Crippen LogP contribution in [0.5, 0.6) is 0 Å². The van der Waals surface area contributed by atoms with Gasteiger partial charge in [-0.15, -0.1) is 0 Å². The van der Waals surface area contributed by atoms with Crippen LogP contribution in [0.3, 0.4) is 0 Å². The van der Waals surface area contributed by atoms with Crippen LogP contribution in [0.25, 0.3) is 10.9 Å². The molecular weight excluding hydrogens is 218 g/mol. The van der Waals surface area contributed by atoms with E-state index in [2.05, 4.69) is 4.98 Å². The number of nitrogens with zero attached hydrogens (tertiary/aromatic N) is 1. The average Bonchev–Trinajstić information content (AvgIpc) is 2.25. The zero-order valence-corrected chi connectivity index (χ0v) is 9.86. The van der Waals surface area contributed by atoms with Crippen LogP contribution in [0.1, 0.15) is 12.5 Å². The number of fused-ring (bicyclic) bond motifs is 1. The second-order valence-corrected chi connectivity index (χ2v) is 4.37. The van der Waals surface area contributed by atoms with E-state index in [0.29, 0.717) is 10.9 Å². The lowest BCUT2D eigenvalue weighted by Crippen LogP contribution is -2.39. The van der Waals surface area contributed by atoms with Crippen molar-refractivity contribution in [2.24, 2.45) is 5.73 Å². The van der Waals surface area contributed by atoms with Crippen molar-refractivity contribution in [2.45, 2.75) is 26.4 Å². The van der Waals surface area contributed by atoms with Gasteiger partial charge in [-0.25, -0.2) is 4.79 Å². The Morgan fingerprint density at radius 3 is 2.76 bits per heavy atom. The second kappa shape index (κ2) is 4.18. The van der Waals surface area contributed by atoms with E-state index in [1.54, 1.807) is 19.1 Å². The van der Waals surface area contributed by atoms with Gasteiger partial charge in [-0.1, -0.05) is 11.6 Å². The number of H-pyrrole nitrogens is 1. The molecule has 1 aromatic carbocycles. The normalized spacial score (nSPS) is 12.9. The topological polar surface area (TPSA) is 80.9 Å². The summed E-state index contributed by atoms with van der Waals surface area (Å²) in [4.78, 5) is 26.5. The number of aromatic amines is 1. The Morgan fingerprint density at radius 2 is 2.12 bits per heavy atom. The molecule has 1 atom stereocenters. The fourth-order valence-electron chi connectivity index (χ4n) is 1.82. The predicted molar refractivity (Wildman–Crippen MR) is 67.2 cm³/mol. The minimum absolute atomic E-state index is 0.220. The zero-order chi connectivity index (χ0) is 12.6. The molecule has 0 aliphatic carbocycles. The molecule has 5 heteroatoms. The summed E-state index contributed by atoms with van der Waals surface area (Å²) in [6.45, 7) is 3.88. The maximum atomic E-state index is 12.1. The van der Waals surface area contributed by atoms with Crippen molar-refractivity contribution in [2.75, 3.05) is 0 Å². The molecule has 0 saturated heterocycles. The third kappa shape index (κ3) is 2.14. The van der Waals surface area contributed by atoms with Gasteiger partial charge in [0, 0.05) is 12.6 Å². The number of nitrogens with two attached hydrogens (primary N) is 1. The van der Waals surface area contributed by atoms with Gasteiger partial charge in [0.1, 0.15) is 0 Å². The van der Waals surface area contributed by atoms with Gasteiger partial charge in [0.15, 0.2) is 0 Å². The molecule has 2 rings (SSSR count). The monoisotopic (exact) mass is 233 g/mol. The Hall–Kier alpha value is -1.88. The maximum absolute atomic E-state index is 12.1. The van der Waals surface area contributed by atoms with E-state index >= 15 is 0 Å². The van der Waals surface area contributed by atoms with Crippen molar-refractivity contribution >= 4 is 10.9 Å². The molecule has 0 amide bonds. The van der Waals surface area contributed by atoms with Crippen LogP contribution in [-0.2, 0) is 6.54 Å². The Bertz CT molecular complexity index is 667. The van der Waals surface area contributed by atoms with Crippen LogP contribution in [0, 0.1) is 6.92 Å². The van der Waals surface area contributed by atoms with Gasteiger partial charge in [0.25, 0.3) is 5.56 Å². The largest absolute Gasteiger partial charge is 0.328 e. The minimum atomic E-state index is -0.413. The first-order valence-electron chi connectivity index (χ1n) is 5.48. The Balaban J connectivity index is 2.78. The van der Waals surface area contributed by atoms with E-state index in [1.807, 2.05) is 13.0 Å². The first-order valence-corrected chi connectivity index (χ1v) is 5.48. The second-order valence-electron chi connectivity index (χ2n) is 4.37. The number of nitrogens with one attached hydrogen (secondary N) is 1. The summed E-state index contributed by atoms with van der Waals surface area (Å²) in [5.74, 6) is 0. The molecule has 1 unspecified atom stereocenters. The van der Waals surface area contributed by atoms with Crippen LogP contribution < -0.4 is 17.0 Å². The average molecular weight is 233 g/mol. The molecule has 3 N–H and O–H groups in total. The predicted octanol–water partition coefficient (Wildman–Crippen LogP) is 0.345. The van der Waals surface area contributed by atoms with Crippen LogP contribution in [0.4, 0.5) is 0 Å². The highest BCUT2D eigenvalue weighted by molar-refractivity contribution is 5.77. The Morgan fingerprint density at radius 1 is 1.41 bits per heavy atom. The van der Waals surface area contributed by atoms with Crippen LogP contribution in [0.15, 0.2) is 27.8 Å². The van der Waals surface area contributed by atoms with Crippen LogP contribution in [0.2, 0.25) is 0 Å². The van der Waals surface area contributed by atoms with E-state index in [4.69, 9.17) is 5.73 Å². The summed E-state index contributed by atoms with van der Waals surface area (Å²) >= 11 is 0. The van der Waals surface area contributed by atoms with Crippen molar-refractivity contribution in [3.8, 4) is 0 Å². The highest BCUT2D eigenvalue weighted by Gasteiger charge is 2.08. The molecule has 0 spiro atoms. The summed E-state index contributed by atoms with van der Waals surface area (Å²) in [5.41, 5.74) is 6.47. The number of hydrogen-bond acceptors (Lipinski definition) is 3. The number of rotatable bonds is 2. The molecule has 90 valence electrons. The van der Waals surface area contributed by atoms with Crippen LogP contribution in [-0.4, -0.2) is 15.6 Å². The summed E-state index contributed by atoms with van der Waals surface area (Å²) in [5, 5.41) is 0.519. The molecule has 1 heterocycles. The maximum Gasteiger partial charge on any atom is 0.328 e. The van der Waals surface area contributed by atoms with E-state index < -0.39 is 5.69 Å². The molecule has 0 fully saturated rings. The molecule has 0 aliphatic heterocycles. The summed E-state index contributed by atoms with van der Waals surface area (Å²) < 4.78 is 1.15. The van der Waals surface area contributed by atoms with Gasteiger partial charge in [-0.3, -0.25) is 9.36 Å². The summed E-state index contributed by atoms with van der Waals surface area (Å²) in [6, 6.07) is 5.12. The van der Waals surface area contributed by atoms with Gasteiger partial charge >= 0.3 is 5.69 Å². The fourth-order valence-corrected chi connectivity index (χ4v) is 1.82.